The summed E-state index contributed by atoms with van der Waals surface area (Å²) >= 11 is 0. The van der Waals surface area contributed by atoms with Crippen molar-refractivity contribution >= 4 is 17.5 Å². The van der Waals surface area contributed by atoms with Gasteiger partial charge in [0.15, 0.2) is 0 Å². The molecule has 2 aromatic carbocycles. The van der Waals surface area contributed by atoms with Gasteiger partial charge in [-0.15, -0.1) is 0 Å². The van der Waals surface area contributed by atoms with E-state index in [0.29, 0.717) is 38.3 Å². The van der Waals surface area contributed by atoms with Crippen molar-refractivity contribution < 1.29 is 9.59 Å². The van der Waals surface area contributed by atoms with Crippen LogP contribution in [0, 0.1) is 0 Å². The van der Waals surface area contributed by atoms with Crippen molar-refractivity contribution in [2.75, 3.05) is 31.1 Å². The van der Waals surface area contributed by atoms with Gasteiger partial charge in [0.25, 0.3) is 11.5 Å². The van der Waals surface area contributed by atoms with E-state index in [0.717, 1.165) is 11.3 Å². The van der Waals surface area contributed by atoms with Crippen LogP contribution in [0.1, 0.15) is 26.4 Å². The predicted octanol–water partition coefficient (Wildman–Crippen LogP) is 1.35. The summed E-state index contributed by atoms with van der Waals surface area (Å²) in [5.74, 6) is -0.645. The summed E-state index contributed by atoms with van der Waals surface area (Å²) in [7, 11) is 0. The number of aromatic nitrogens is 2. The molecule has 0 spiro atoms. The molecule has 1 aliphatic heterocycles. The number of anilines is 1. The van der Waals surface area contributed by atoms with Crippen molar-refractivity contribution in [1.29, 1.82) is 0 Å². The van der Waals surface area contributed by atoms with Crippen LogP contribution in [-0.2, 0) is 6.54 Å². The van der Waals surface area contributed by atoms with E-state index in [4.69, 9.17) is 5.73 Å². The average Bonchev–Trinajstić information content (AvgIpc) is 2.81. The highest BCUT2D eigenvalue weighted by atomic mass is 16.2. The molecule has 1 aromatic heterocycles. The van der Waals surface area contributed by atoms with E-state index in [-0.39, 0.29) is 17.2 Å². The molecular formula is C23H23N5O3. The van der Waals surface area contributed by atoms with Crippen LogP contribution in [-0.4, -0.2) is 52.7 Å². The Balaban J connectivity index is 1.42. The molecule has 4 rings (SSSR count). The fourth-order valence-electron chi connectivity index (χ4n) is 3.60. The Bertz CT molecular complexity index is 1130. The maximum absolute atomic E-state index is 13.0. The second kappa shape index (κ2) is 8.83. The van der Waals surface area contributed by atoms with Crippen molar-refractivity contribution in [2.45, 2.75) is 6.54 Å². The monoisotopic (exact) mass is 417 g/mol. The minimum atomic E-state index is -0.455. The van der Waals surface area contributed by atoms with Gasteiger partial charge in [-0.1, -0.05) is 30.3 Å². The molecule has 0 bridgehead atoms. The highest BCUT2D eigenvalue weighted by Gasteiger charge is 2.24. The maximum atomic E-state index is 13.0. The summed E-state index contributed by atoms with van der Waals surface area (Å²) in [4.78, 5) is 40.3. The van der Waals surface area contributed by atoms with Crippen LogP contribution >= 0.6 is 0 Å². The number of carbonyl (C=O) groups is 2. The minimum Gasteiger partial charge on any atom is -0.368 e. The molecule has 1 saturated heterocycles. The predicted molar refractivity (Wildman–Crippen MR) is 117 cm³/mol. The van der Waals surface area contributed by atoms with Gasteiger partial charge in [-0.05, 0) is 35.9 Å². The van der Waals surface area contributed by atoms with Gasteiger partial charge < -0.3 is 15.5 Å². The van der Waals surface area contributed by atoms with Crippen molar-refractivity contribution in [2.24, 2.45) is 5.73 Å². The zero-order valence-electron chi connectivity index (χ0n) is 17.0. The molecule has 8 nitrogen and oxygen atoms in total. The molecule has 0 saturated carbocycles. The molecule has 0 aliphatic carbocycles. The molecule has 1 aliphatic rings. The quantitative estimate of drug-likeness (QED) is 0.675. The van der Waals surface area contributed by atoms with E-state index in [1.165, 1.54) is 16.8 Å². The molecule has 0 radical (unpaired) electrons. The molecule has 1 fully saturated rings. The van der Waals surface area contributed by atoms with Crippen molar-refractivity contribution in [1.82, 2.24) is 14.7 Å². The van der Waals surface area contributed by atoms with E-state index in [1.54, 1.807) is 17.0 Å². The van der Waals surface area contributed by atoms with Crippen LogP contribution < -0.4 is 16.2 Å². The Morgan fingerprint density at radius 1 is 0.871 bits per heavy atom. The van der Waals surface area contributed by atoms with Crippen LogP contribution in [0.15, 0.2) is 71.5 Å². The van der Waals surface area contributed by atoms with E-state index in [2.05, 4.69) is 10.00 Å². The maximum Gasteiger partial charge on any atom is 0.274 e. The SMILES string of the molecule is NC(=O)c1ccc(N2CCN(C(=O)c3ccc(=O)n(Cc4ccccc4)n3)CC2)cc1. The molecule has 158 valence electrons. The summed E-state index contributed by atoms with van der Waals surface area (Å²) in [5.41, 5.74) is 7.69. The van der Waals surface area contributed by atoms with E-state index < -0.39 is 5.91 Å². The van der Waals surface area contributed by atoms with Crippen LogP contribution in [0.2, 0.25) is 0 Å². The zero-order valence-corrected chi connectivity index (χ0v) is 17.0. The molecule has 2 N–H and O–H groups in total. The standard InChI is InChI=1S/C23H23N5O3/c24-22(30)18-6-8-19(9-7-18)26-12-14-27(15-13-26)23(31)20-10-11-21(29)28(25-20)16-17-4-2-1-3-5-17/h1-11H,12-16H2,(H2,24,30). The van der Waals surface area contributed by atoms with Crippen LogP contribution in [0.25, 0.3) is 0 Å². The number of carbonyl (C=O) groups excluding carboxylic acids is 2. The minimum absolute atomic E-state index is 0.189. The lowest BCUT2D eigenvalue weighted by Crippen LogP contribution is -2.49. The van der Waals surface area contributed by atoms with Crippen molar-refractivity contribution in [3.8, 4) is 0 Å². The summed E-state index contributed by atoms with van der Waals surface area (Å²) < 4.78 is 1.32. The lowest BCUT2D eigenvalue weighted by molar-refractivity contribution is 0.0737. The Morgan fingerprint density at radius 2 is 1.55 bits per heavy atom. The Morgan fingerprint density at radius 3 is 2.19 bits per heavy atom. The molecule has 2 amide bonds. The first-order valence-corrected chi connectivity index (χ1v) is 10.1. The van der Waals surface area contributed by atoms with E-state index in [1.807, 2.05) is 42.5 Å². The number of primary amides is 1. The number of hydrogen-bond donors (Lipinski definition) is 1. The summed E-state index contributed by atoms with van der Waals surface area (Å²) in [6.45, 7) is 2.71. The summed E-state index contributed by atoms with van der Waals surface area (Å²) in [6, 6.07) is 19.5. The van der Waals surface area contributed by atoms with Crippen LogP contribution in [0.3, 0.4) is 0 Å². The molecular weight excluding hydrogens is 394 g/mol. The fourth-order valence-corrected chi connectivity index (χ4v) is 3.60. The van der Waals surface area contributed by atoms with Gasteiger partial charge in [0, 0.05) is 43.5 Å². The van der Waals surface area contributed by atoms with Crippen molar-refractivity contribution in [3.05, 3.63) is 93.9 Å². The Hall–Kier alpha value is -3.94. The van der Waals surface area contributed by atoms with Crippen molar-refractivity contribution in [3.63, 3.8) is 0 Å². The topological polar surface area (TPSA) is 102 Å². The van der Waals surface area contributed by atoms with Gasteiger partial charge in [0.05, 0.1) is 6.54 Å². The summed E-state index contributed by atoms with van der Waals surface area (Å²) in [5, 5.41) is 4.30. The van der Waals surface area contributed by atoms with Gasteiger partial charge >= 0.3 is 0 Å². The van der Waals surface area contributed by atoms with Gasteiger partial charge in [-0.2, -0.15) is 5.10 Å². The molecule has 0 unspecified atom stereocenters. The number of benzene rings is 2. The number of nitrogens with two attached hydrogens (primary N) is 1. The number of amides is 2. The second-order valence-corrected chi connectivity index (χ2v) is 7.39. The fraction of sp³-hybridized carbons (Fsp3) is 0.217. The van der Waals surface area contributed by atoms with E-state index in [9.17, 15) is 14.4 Å². The van der Waals surface area contributed by atoms with Gasteiger partial charge in [0.1, 0.15) is 5.69 Å². The first-order chi connectivity index (χ1) is 15.0. The zero-order chi connectivity index (χ0) is 21.8. The number of nitrogens with zero attached hydrogens (tertiary/aromatic N) is 4. The third kappa shape index (κ3) is 4.63. The number of piperazine rings is 1. The smallest absolute Gasteiger partial charge is 0.274 e. The second-order valence-electron chi connectivity index (χ2n) is 7.39. The number of hydrogen-bond acceptors (Lipinski definition) is 5. The Labute approximate surface area is 179 Å². The lowest BCUT2D eigenvalue weighted by atomic mass is 10.1. The molecule has 31 heavy (non-hydrogen) atoms. The lowest BCUT2D eigenvalue weighted by Gasteiger charge is -2.36. The highest BCUT2D eigenvalue weighted by molar-refractivity contribution is 5.93. The first-order valence-electron chi connectivity index (χ1n) is 10.1. The van der Waals surface area contributed by atoms with Crippen LogP contribution in [0.4, 0.5) is 5.69 Å². The van der Waals surface area contributed by atoms with Gasteiger partial charge in [-0.25, -0.2) is 4.68 Å². The third-order valence-electron chi connectivity index (χ3n) is 5.34. The Kier molecular flexibility index (Phi) is 5.79. The number of rotatable bonds is 5. The van der Waals surface area contributed by atoms with E-state index >= 15 is 0 Å². The highest BCUT2D eigenvalue weighted by Crippen LogP contribution is 2.18. The van der Waals surface area contributed by atoms with Gasteiger partial charge in [-0.3, -0.25) is 14.4 Å². The van der Waals surface area contributed by atoms with Crippen LogP contribution in [0.5, 0.6) is 0 Å². The largest absolute Gasteiger partial charge is 0.368 e. The molecule has 3 aromatic rings. The summed E-state index contributed by atoms with van der Waals surface area (Å²) in [6.07, 6.45) is 0. The normalized spacial score (nSPS) is 13.8. The molecule has 0 atom stereocenters. The third-order valence-corrected chi connectivity index (χ3v) is 5.34. The average molecular weight is 417 g/mol. The van der Waals surface area contributed by atoms with Gasteiger partial charge in [0.2, 0.25) is 5.91 Å². The molecule has 2 heterocycles. The first kappa shape index (κ1) is 20.3. The molecule has 8 heteroatoms.